The number of para-hydroxylation sites is 1. The predicted octanol–water partition coefficient (Wildman–Crippen LogP) is 2.89. The predicted molar refractivity (Wildman–Crippen MR) is 104 cm³/mol. The molecule has 2 unspecified atom stereocenters. The van der Waals surface area contributed by atoms with Crippen LogP contribution in [0.15, 0.2) is 36.4 Å². The van der Waals surface area contributed by atoms with E-state index in [4.69, 9.17) is 0 Å². The highest BCUT2D eigenvalue weighted by Gasteiger charge is 2.41. The van der Waals surface area contributed by atoms with Crippen LogP contribution >= 0.6 is 11.3 Å². The molecule has 1 aromatic carbocycles. The zero-order chi connectivity index (χ0) is 18.5. The van der Waals surface area contributed by atoms with Crippen molar-refractivity contribution in [1.29, 1.82) is 0 Å². The normalized spacial score (nSPS) is 22.1. The van der Waals surface area contributed by atoms with Crippen molar-refractivity contribution in [3.8, 4) is 5.69 Å². The maximum absolute atomic E-state index is 13.3. The van der Waals surface area contributed by atoms with Crippen LogP contribution in [-0.2, 0) is 4.79 Å². The number of rotatable bonds is 2. The number of nitrogens with one attached hydrogen (secondary N) is 1. The SMILES string of the molecule is Cc1nn(-c2ccccc2)c2sc(C(=O)N3C4CCC3CC(=O)NC4)cc12. The first-order valence-corrected chi connectivity index (χ1v) is 10.1. The molecule has 2 fully saturated rings. The van der Waals surface area contributed by atoms with Gasteiger partial charge in [-0.05, 0) is 38.0 Å². The van der Waals surface area contributed by atoms with Gasteiger partial charge in [0.15, 0.2) is 0 Å². The van der Waals surface area contributed by atoms with Crippen LogP contribution in [-0.4, -0.2) is 45.1 Å². The van der Waals surface area contributed by atoms with Crippen LogP contribution in [0, 0.1) is 6.92 Å². The first kappa shape index (κ1) is 16.5. The van der Waals surface area contributed by atoms with Gasteiger partial charge in [-0.1, -0.05) is 18.2 Å². The number of benzene rings is 1. The molecule has 4 heterocycles. The molecule has 2 saturated heterocycles. The minimum absolute atomic E-state index is 0.0157. The van der Waals surface area contributed by atoms with Crippen molar-refractivity contribution < 1.29 is 9.59 Å². The number of carbonyl (C=O) groups is 2. The molecule has 2 aliphatic heterocycles. The molecule has 5 rings (SSSR count). The average Bonchev–Trinajstić information content (AvgIpc) is 3.31. The van der Waals surface area contributed by atoms with Crippen LogP contribution in [0.4, 0.5) is 0 Å². The minimum Gasteiger partial charge on any atom is -0.354 e. The second kappa shape index (κ2) is 6.20. The average molecular weight is 380 g/mol. The van der Waals surface area contributed by atoms with Gasteiger partial charge in [0, 0.05) is 30.4 Å². The summed E-state index contributed by atoms with van der Waals surface area (Å²) in [5.41, 5.74) is 1.90. The Bertz CT molecular complexity index is 1040. The van der Waals surface area contributed by atoms with Gasteiger partial charge in [-0.25, -0.2) is 4.68 Å². The third kappa shape index (κ3) is 2.65. The molecule has 2 aliphatic rings. The van der Waals surface area contributed by atoms with Gasteiger partial charge < -0.3 is 10.2 Å². The van der Waals surface area contributed by atoms with Crippen LogP contribution < -0.4 is 5.32 Å². The van der Waals surface area contributed by atoms with Crippen LogP contribution in [0.3, 0.4) is 0 Å². The number of hydrogen-bond acceptors (Lipinski definition) is 4. The van der Waals surface area contributed by atoms with E-state index in [2.05, 4.69) is 10.4 Å². The van der Waals surface area contributed by atoms with Crippen LogP contribution in [0.1, 0.15) is 34.6 Å². The molecule has 2 amide bonds. The summed E-state index contributed by atoms with van der Waals surface area (Å²) < 4.78 is 1.91. The van der Waals surface area contributed by atoms with Crippen molar-refractivity contribution in [1.82, 2.24) is 20.0 Å². The van der Waals surface area contributed by atoms with E-state index in [9.17, 15) is 9.59 Å². The zero-order valence-corrected chi connectivity index (χ0v) is 15.8. The van der Waals surface area contributed by atoms with E-state index in [-0.39, 0.29) is 23.9 Å². The van der Waals surface area contributed by atoms with Gasteiger partial charge in [0.25, 0.3) is 5.91 Å². The van der Waals surface area contributed by atoms with E-state index in [1.165, 1.54) is 11.3 Å². The Labute approximate surface area is 160 Å². The molecule has 3 aromatic rings. The molecule has 7 heteroatoms. The van der Waals surface area contributed by atoms with Gasteiger partial charge in [-0.3, -0.25) is 9.59 Å². The quantitative estimate of drug-likeness (QED) is 0.743. The Morgan fingerprint density at radius 2 is 2.00 bits per heavy atom. The highest BCUT2D eigenvalue weighted by atomic mass is 32.1. The van der Waals surface area contributed by atoms with Gasteiger partial charge in [0.2, 0.25) is 5.91 Å². The van der Waals surface area contributed by atoms with Crippen molar-refractivity contribution in [2.75, 3.05) is 6.54 Å². The van der Waals surface area contributed by atoms with E-state index in [0.29, 0.717) is 13.0 Å². The molecular formula is C20H20N4O2S. The van der Waals surface area contributed by atoms with Crippen molar-refractivity contribution in [2.24, 2.45) is 0 Å². The monoisotopic (exact) mass is 380 g/mol. The molecule has 2 atom stereocenters. The summed E-state index contributed by atoms with van der Waals surface area (Å²) in [6, 6.07) is 12.0. The maximum Gasteiger partial charge on any atom is 0.264 e. The third-order valence-electron chi connectivity index (χ3n) is 5.57. The molecule has 1 N–H and O–H groups in total. The number of hydrogen-bond donors (Lipinski definition) is 1. The number of nitrogens with zero attached hydrogens (tertiary/aromatic N) is 3. The highest BCUT2D eigenvalue weighted by Crippen LogP contribution is 2.35. The fourth-order valence-electron chi connectivity index (χ4n) is 4.24. The second-order valence-corrected chi connectivity index (χ2v) is 8.30. The van der Waals surface area contributed by atoms with Gasteiger partial charge in [0.1, 0.15) is 4.83 Å². The molecule has 0 aliphatic carbocycles. The molecule has 27 heavy (non-hydrogen) atoms. The smallest absolute Gasteiger partial charge is 0.264 e. The van der Waals surface area contributed by atoms with Crippen LogP contribution in [0.5, 0.6) is 0 Å². The second-order valence-electron chi connectivity index (χ2n) is 7.27. The number of aromatic nitrogens is 2. The largest absolute Gasteiger partial charge is 0.354 e. The van der Waals surface area contributed by atoms with Crippen molar-refractivity contribution in [2.45, 2.75) is 38.3 Å². The van der Waals surface area contributed by atoms with Crippen LogP contribution in [0.25, 0.3) is 15.9 Å². The molecule has 2 bridgehead atoms. The summed E-state index contributed by atoms with van der Waals surface area (Å²) >= 11 is 1.48. The van der Waals surface area contributed by atoms with E-state index >= 15 is 0 Å². The lowest BCUT2D eigenvalue weighted by atomic mass is 10.1. The van der Waals surface area contributed by atoms with Crippen molar-refractivity contribution >= 4 is 33.4 Å². The number of carbonyl (C=O) groups excluding carboxylic acids is 2. The molecule has 0 radical (unpaired) electrons. The van der Waals surface area contributed by atoms with Gasteiger partial charge >= 0.3 is 0 Å². The number of amides is 2. The summed E-state index contributed by atoms with van der Waals surface area (Å²) in [7, 11) is 0. The zero-order valence-electron chi connectivity index (χ0n) is 15.0. The lowest BCUT2D eigenvalue weighted by Gasteiger charge is -2.26. The summed E-state index contributed by atoms with van der Waals surface area (Å²) in [5, 5.41) is 8.59. The molecule has 0 saturated carbocycles. The fraction of sp³-hybridized carbons (Fsp3) is 0.350. The standard InChI is InChI=1S/C20H20N4O2S/c1-12-16-10-17(27-20(16)24(22-12)13-5-3-2-4-6-13)19(26)23-14-7-8-15(23)11-21-18(25)9-14/h2-6,10,14-15H,7-9,11H2,1H3,(H,21,25). The van der Waals surface area contributed by atoms with Gasteiger partial charge in [0.05, 0.1) is 16.3 Å². The summed E-state index contributed by atoms with van der Waals surface area (Å²) in [4.78, 5) is 28.8. The van der Waals surface area contributed by atoms with Crippen molar-refractivity contribution in [3.05, 3.63) is 47.0 Å². The number of thiophene rings is 1. The Morgan fingerprint density at radius 3 is 2.81 bits per heavy atom. The lowest BCUT2D eigenvalue weighted by molar-refractivity contribution is -0.121. The maximum atomic E-state index is 13.3. The number of fused-ring (bicyclic) bond motifs is 3. The van der Waals surface area contributed by atoms with Crippen LogP contribution in [0.2, 0.25) is 0 Å². The summed E-state index contributed by atoms with van der Waals surface area (Å²) in [6.07, 6.45) is 2.27. The Balaban J connectivity index is 1.54. The topological polar surface area (TPSA) is 67.2 Å². The van der Waals surface area contributed by atoms with Gasteiger partial charge in [-0.15, -0.1) is 11.3 Å². The number of aryl methyl sites for hydroxylation is 1. The van der Waals surface area contributed by atoms with Crippen molar-refractivity contribution in [3.63, 3.8) is 0 Å². The molecule has 6 nitrogen and oxygen atoms in total. The fourth-order valence-corrected chi connectivity index (χ4v) is 5.36. The van der Waals surface area contributed by atoms with Gasteiger partial charge in [-0.2, -0.15) is 5.10 Å². The highest BCUT2D eigenvalue weighted by molar-refractivity contribution is 7.20. The van der Waals surface area contributed by atoms with E-state index < -0.39 is 0 Å². The summed E-state index contributed by atoms with van der Waals surface area (Å²) in [6.45, 7) is 2.53. The first-order valence-electron chi connectivity index (χ1n) is 9.26. The van der Waals surface area contributed by atoms with E-state index in [1.807, 2.05) is 52.9 Å². The summed E-state index contributed by atoms with van der Waals surface area (Å²) in [5.74, 6) is 0.0890. The molecule has 0 spiro atoms. The van der Waals surface area contributed by atoms with E-state index in [0.717, 1.165) is 39.3 Å². The minimum atomic E-state index is 0.0157. The lowest BCUT2D eigenvalue weighted by Crippen LogP contribution is -2.42. The Morgan fingerprint density at radius 1 is 1.22 bits per heavy atom. The molecule has 138 valence electrons. The van der Waals surface area contributed by atoms with E-state index in [1.54, 1.807) is 0 Å². The third-order valence-corrected chi connectivity index (χ3v) is 6.67. The Hall–Kier alpha value is -2.67. The molecular weight excluding hydrogens is 360 g/mol. The Kier molecular flexibility index (Phi) is 3.79. The first-order chi connectivity index (χ1) is 13.1. The molecule has 2 aromatic heterocycles.